The number of para-hydroxylation sites is 2. The average molecular weight is 386 g/mol. The molecule has 0 atom stereocenters. The van der Waals surface area contributed by atoms with Gasteiger partial charge in [-0.2, -0.15) is 0 Å². The second-order valence-corrected chi connectivity index (χ2v) is 5.08. The molecule has 2 amide bonds. The lowest BCUT2D eigenvalue weighted by Crippen LogP contribution is -2.24. The normalized spacial score (nSPS) is 9.21. The summed E-state index contributed by atoms with van der Waals surface area (Å²) in [7, 11) is 0. The van der Waals surface area contributed by atoms with Gasteiger partial charge in [-0.1, -0.05) is 36.4 Å². The predicted octanol–water partition coefficient (Wildman–Crippen LogP) is 2.38. The lowest BCUT2D eigenvalue weighted by atomic mass is 10.3. The number of anilines is 2. The van der Waals surface area contributed by atoms with Crippen molar-refractivity contribution in [3.8, 4) is 0 Å². The zero-order valence-electron chi connectivity index (χ0n) is 15.6. The first-order valence-corrected chi connectivity index (χ1v) is 8.54. The van der Waals surface area contributed by atoms with Crippen LogP contribution in [0.2, 0.25) is 0 Å². The number of carbonyl (C=O) groups is 4. The van der Waals surface area contributed by atoms with Gasteiger partial charge in [0.05, 0.1) is 13.2 Å². The number of ether oxygens (including phenoxy) is 2. The summed E-state index contributed by atoms with van der Waals surface area (Å²) >= 11 is 0. The zero-order chi connectivity index (χ0) is 20.8. The molecule has 2 aromatic rings. The summed E-state index contributed by atoms with van der Waals surface area (Å²) < 4.78 is 9.05. The molecule has 0 aliphatic heterocycles. The van der Waals surface area contributed by atoms with Gasteiger partial charge in [0, 0.05) is 11.4 Å². The molecule has 0 unspecified atom stereocenters. The average Bonchev–Trinajstić information content (AvgIpc) is 2.70. The number of hydrogen-bond acceptors (Lipinski definition) is 6. The maximum atomic E-state index is 11.1. The van der Waals surface area contributed by atoms with E-state index in [1.807, 2.05) is 12.1 Å². The van der Waals surface area contributed by atoms with Crippen molar-refractivity contribution < 1.29 is 28.7 Å². The van der Waals surface area contributed by atoms with Crippen LogP contribution < -0.4 is 10.6 Å². The number of rotatable bonds is 4. The molecule has 2 aromatic carbocycles. The number of nitrogens with one attached hydrogen (secondary N) is 2. The van der Waals surface area contributed by atoms with Crippen LogP contribution in [-0.4, -0.2) is 37.0 Å². The smallest absolute Gasteiger partial charge is 0.397 e. The molecule has 0 aliphatic carbocycles. The first kappa shape index (κ1) is 22.4. The molecule has 8 heteroatoms. The molecule has 28 heavy (non-hydrogen) atoms. The van der Waals surface area contributed by atoms with Gasteiger partial charge < -0.3 is 20.1 Å². The Labute approximate surface area is 162 Å². The van der Waals surface area contributed by atoms with Gasteiger partial charge in [-0.25, -0.2) is 9.59 Å². The quantitative estimate of drug-likeness (QED) is 0.617. The minimum Gasteiger partial charge on any atom is -0.459 e. The largest absolute Gasteiger partial charge is 0.459 e. The van der Waals surface area contributed by atoms with E-state index in [2.05, 4.69) is 20.1 Å². The molecule has 0 heterocycles. The van der Waals surface area contributed by atoms with E-state index < -0.39 is 23.8 Å². The second kappa shape index (κ2) is 12.6. The van der Waals surface area contributed by atoms with Gasteiger partial charge in [-0.15, -0.1) is 0 Å². The summed E-state index contributed by atoms with van der Waals surface area (Å²) in [6, 6.07) is 17.5. The lowest BCUT2D eigenvalue weighted by molar-refractivity contribution is -0.152. The summed E-state index contributed by atoms with van der Waals surface area (Å²) in [5.74, 6) is -3.23. The Morgan fingerprint density at radius 2 is 0.964 bits per heavy atom. The van der Waals surface area contributed by atoms with Gasteiger partial charge in [-0.05, 0) is 38.1 Å². The van der Waals surface area contributed by atoms with Crippen LogP contribution in [0.3, 0.4) is 0 Å². The molecule has 2 N–H and O–H groups in total. The topological polar surface area (TPSA) is 111 Å². The van der Waals surface area contributed by atoms with Crippen LogP contribution in [0.15, 0.2) is 60.7 Å². The van der Waals surface area contributed by atoms with Crippen molar-refractivity contribution in [2.45, 2.75) is 13.8 Å². The molecule has 2 rings (SSSR count). The zero-order valence-corrected chi connectivity index (χ0v) is 15.6. The summed E-state index contributed by atoms with van der Waals surface area (Å²) in [4.78, 5) is 44.1. The number of benzene rings is 2. The molecule has 0 fully saturated rings. The second-order valence-electron chi connectivity index (χ2n) is 5.08. The van der Waals surface area contributed by atoms with E-state index in [9.17, 15) is 19.2 Å². The van der Waals surface area contributed by atoms with Crippen LogP contribution in [0.25, 0.3) is 0 Å². The molecular formula is C20H22N2O6. The van der Waals surface area contributed by atoms with E-state index in [-0.39, 0.29) is 13.2 Å². The summed E-state index contributed by atoms with van der Waals surface area (Å²) in [5, 5.41) is 4.83. The highest BCUT2D eigenvalue weighted by Gasteiger charge is 2.14. The summed E-state index contributed by atoms with van der Waals surface area (Å²) in [6.07, 6.45) is 0. The van der Waals surface area contributed by atoms with Gasteiger partial charge in [0.15, 0.2) is 0 Å². The Morgan fingerprint density at radius 1 is 0.643 bits per heavy atom. The molecule has 0 saturated heterocycles. The van der Waals surface area contributed by atoms with E-state index in [1.165, 1.54) is 0 Å². The Morgan fingerprint density at radius 3 is 1.25 bits per heavy atom. The van der Waals surface area contributed by atoms with Crippen LogP contribution in [0.5, 0.6) is 0 Å². The minimum atomic E-state index is -0.864. The van der Waals surface area contributed by atoms with Crippen LogP contribution in [0.4, 0.5) is 11.4 Å². The Kier molecular flexibility index (Phi) is 10.1. The van der Waals surface area contributed by atoms with E-state index in [1.54, 1.807) is 62.4 Å². The molecule has 0 aliphatic rings. The van der Waals surface area contributed by atoms with Crippen molar-refractivity contribution in [3.63, 3.8) is 0 Å². The monoisotopic (exact) mass is 386 g/mol. The van der Waals surface area contributed by atoms with E-state index >= 15 is 0 Å². The molecule has 0 saturated carbocycles. The third-order valence-electron chi connectivity index (χ3n) is 2.98. The first-order chi connectivity index (χ1) is 13.5. The third-order valence-corrected chi connectivity index (χ3v) is 2.98. The fourth-order valence-electron chi connectivity index (χ4n) is 1.80. The highest BCUT2D eigenvalue weighted by molar-refractivity contribution is 6.37. The molecule has 0 bridgehead atoms. The highest BCUT2D eigenvalue weighted by Crippen LogP contribution is 2.05. The van der Waals surface area contributed by atoms with Gasteiger partial charge in [0.25, 0.3) is 0 Å². The van der Waals surface area contributed by atoms with E-state index in [0.717, 1.165) is 0 Å². The van der Waals surface area contributed by atoms with Crippen molar-refractivity contribution in [1.82, 2.24) is 0 Å². The van der Waals surface area contributed by atoms with Crippen molar-refractivity contribution in [1.29, 1.82) is 0 Å². The van der Waals surface area contributed by atoms with Crippen LogP contribution >= 0.6 is 0 Å². The fraction of sp³-hybridized carbons (Fsp3) is 0.200. The molecule has 8 nitrogen and oxygen atoms in total. The van der Waals surface area contributed by atoms with E-state index in [0.29, 0.717) is 11.4 Å². The first-order valence-electron chi connectivity index (χ1n) is 8.54. The molecule has 0 radical (unpaired) electrons. The van der Waals surface area contributed by atoms with E-state index in [4.69, 9.17) is 0 Å². The Hall–Kier alpha value is -3.68. The van der Waals surface area contributed by atoms with Crippen LogP contribution in [0, 0.1) is 0 Å². The Bertz CT molecular complexity index is 710. The predicted molar refractivity (Wildman–Crippen MR) is 103 cm³/mol. The van der Waals surface area contributed by atoms with Gasteiger partial charge in [0.1, 0.15) is 0 Å². The highest BCUT2D eigenvalue weighted by atomic mass is 16.5. The van der Waals surface area contributed by atoms with Crippen LogP contribution in [0.1, 0.15) is 13.8 Å². The van der Waals surface area contributed by atoms with Crippen molar-refractivity contribution in [3.05, 3.63) is 60.7 Å². The van der Waals surface area contributed by atoms with Crippen molar-refractivity contribution in [2.24, 2.45) is 0 Å². The maximum Gasteiger partial charge on any atom is 0.397 e. The molecule has 0 spiro atoms. The van der Waals surface area contributed by atoms with Gasteiger partial charge in [0.2, 0.25) is 0 Å². The molecule has 148 valence electrons. The minimum absolute atomic E-state index is 0.195. The number of esters is 2. The van der Waals surface area contributed by atoms with Gasteiger partial charge >= 0.3 is 23.8 Å². The Balaban J connectivity index is 0.000000280. The maximum absolute atomic E-state index is 11.1. The van der Waals surface area contributed by atoms with Crippen molar-refractivity contribution in [2.75, 3.05) is 23.8 Å². The summed E-state index contributed by atoms with van der Waals surface area (Å²) in [6.45, 7) is 3.68. The molecule has 0 aromatic heterocycles. The van der Waals surface area contributed by atoms with Crippen molar-refractivity contribution >= 4 is 35.1 Å². The summed E-state index contributed by atoms with van der Waals surface area (Å²) in [5.41, 5.74) is 1.15. The standard InChI is InChI=1S/2C10H11NO3/c2*1-2-14-10(13)9(12)11-8-6-4-3-5-7-8/h2*3-7H,2H2,1H3,(H,11,12). The SMILES string of the molecule is CCOC(=O)C(=O)Nc1ccccc1.CCOC(=O)C(=O)Nc1ccccc1. The third kappa shape index (κ3) is 8.61. The number of carbonyl (C=O) groups excluding carboxylic acids is 4. The van der Waals surface area contributed by atoms with Crippen LogP contribution in [-0.2, 0) is 28.7 Å². The van der Waals surface area contributed by atoms with Gasteiger partial charge in [-0.3, -0.25) is 9.59 Å². The fourth-order valence-corrected chi connectivity index (χ4v) is 1.80. The number of hydrogen-bond donors (Lipinski definition) is 2. The lowest BCUT2D eigenvalue weighted by Gasteiger charge is -2.03. The number of amides is 2. The molecular weight excluding hydrogens is 364 g/mol.